The summed E-state index contributed by atoms with van der Waals surface area (Å²) in [6.45, 7) is 0. The molecule has 0 radical (unpaired) electrons. The van der Waals surface area contributed by atoms with E-state index in [2.05, 4.69) is 4.98 Å². The first-order valence-electron chi connectivity index (χ1n) is 6.70. The average molecular weight is 291 g/mol. The maximum absolute atomic E-state index is 11.6. The van der Waals surface area contributed by atoms with E-state index in [4.69, 9.17) is 22.1 Å². The minimum absolute atomic E-state index is 0.157. The zero-order valence-corrected chi connectivity index (χ0v) is 11.7. The highest BCUT2D eigenvalue weighted by molar-refractivity contribution is 6.35. The molecule has 104 valence electrons. The molecule has 1 heterocycles. The van der Waals surface area contributed by atoms with Crippen LogP contribution in [0.25, 0.3) is 10.9 Å². The summed E-state index contributed by atoms with van der Waals surface area (Å²) in [5.74, 6) is -0.00789. The molecule has 1 saturated carbocycles. The van der Waals surface area contributed by atoms with Crippen LogP contribution >= 0.6 is 11.6 Å². The number of amides is 1. The molecule has 1 aromatic heterocycles. The standard InChI is InChI=1S/C15H15ClN2O2/c16-12-5-6-18-13-8-14(20-9-3-1-2-4-9)11(15(17)19)7-10(12)13/h5-9H,1-4H2,(H2,17,19). The van der Waals surface area contributed by atoms with E-state index in [1.807, 2.05) is 0 Å². The van der Waals surface area contributed by atoms with E-state index in [1.54, 1.807) is 24.4 Å². The Morgan fingerprint density at radius 2 is 2.10 bits per heavy atom. The topological polar surface area (TPSA) is 65.2 Å². The number of primary amides is 1. The molecule has 0 bridgehead atoms. The summed E-state index contributed by atoms with van der Waals surface area (Å²) >= 11 is 6.12. The summed E-state index contributed by atoms with van der Waals surface area (Å²) in [5.41, 5.74) is 6.51. The van der Waals surface area contributed by atoms with Crippen LogP contribution in [0.3, 0.4) is 0 Å². The largest absolute Gasteiger partial charge is 0.490 e. The summed E-state index contributed by atoms with van der Waals surface area (Å²) in [6, 6.07) is 5.10. The quantitative estimate of drug-likeness (QED) is 0.943. The molecule has 4 nitrogen and oxygen atoms in total. The Morgan fingerprint density at radius 1 is 1.35 bits per heavy atom. The second-order valence-corrected chi connectivity index (χ2v) is 5.45. The number of ether oxygens (including phenoxy) is 1. The first kappa shape index (κ1) is 13.2. The highest BCUT2D eigenvalue weighted by Gasteiger charge is 2.20. The molecule has 0 spiro atoms. The fourth-order valence-corrected chi connectivity index (χ4v) is 2.82. The molecule has 0 saturated heterocycles. The van der Waals surface area contributed by atoms with Gasteiger partial charge in [0.05, 0.1) is 22.2 Å². The van der Waals surface area contributed by atoms with Crippen LogP contribution in [0.4, 0.5) is 0 Å². The van der Waals surface area contributed by atoms with Gasteiger partial charge in [0.2, 0.25) is 0 Å². The number of carbonyl (C=O) groups excluding carboxylic acids is 1. The smallest absolute Gasteiger partial charge is 0.252 e. The fraction of sp³-hybridized carbons (Fsp3) is 0.333. The molecule has 2 aromatic rings. The van der Waals surface area contributed by atoms with E-state index in [0.29, 0.717) is 27.2 Å². The van der Waals surface area contributed by atoms with Crippen LogP contribution in [0.1, 0.15) is 36.0 Å². The van der Waals surface area contributed by atoms with Gasteiger partial charge in [-0.1, -0.05) is 11.6 Å². The van der Waals surface area contributed by atoms with Crippen LogP contribution in [-0.2, 0) is 0 Å². The van der Waals surface area contributed by atoms with Crippen molar-refractivity contribution in [3.63, 3.8) is 0 Å². The molecule has 0 unspecified atom stereocenters. The zero-order chi connectivity index (χ0) is 14.1. The van der Waals surface area contributed by atoms with Gasteiger partial charge in [-0.05, 0) is 37.8 Å². The van der Waals surface area contributed by atoms with E-state index < -0.39 is 5.91 Å². The van der Waals surface area contributed by atoms with Crippen LogP contribution < -0.4 is 10.5 Å². The molecule has 1 aliphatic carbocycles. The highest BCUT2D eigenvalue weighted by Crippen LogP contribution is 2.32. The predicted octanol–water partition coefficient (Wildman–Crippen LogP) is 3.31. The lowest BCUT2D eigenvalue weighted by atomic mass is 10.1. The van der Waals surface area contributed by atoms with Crippen LogP contribution in [0.5, 0.6) is 5.75 Å². The van der Waals surface area contributed by atoms with E-state index in [9.17, 15) is 4.79 Å². The van der Waals surface area contributed by atoms with Crippen molar-refractivity contribution < 1.29 is 9.53 Å². The van der Waals surface area contributed by atoms with Crippen molar-refractivity contribution in [3.05, 3.63) is 35.0 Å². The Kier molecular flexibility index (Phi) is 3.49. The monoisotopic (exact) mass is 290 g/mol. The number of nitrogens with zero attached hydrogens (tertiary/aromatic N) is 1. The van der Waals surface area contributed by atoms with E-state index in [-0.39, 0.29) is 6.10 Å². The summed E-state index contributed by atoms with van der Waals surface area (Å²) in [7, 11) is 0. The van der Waals surface area contributed by atoms with Gasteiger partial charge in [0.25, 0.3) is 5.91 Å². The van der Waals surface area contributed by atoms with Gasteiger partial charge < -0.3 is 10.5 Å². The van der Waals surface area contributed by atoms with Gasteiger partial charge in [-0.3, -0.25) is 9.78 Å². The van der Waals surface area contributed by atoms with Gasteiger partial charge in [0.15, 0.2) is 0 Å². The number of nitrogens with two attached hydrogens (primary N) is 1. The molecular formula is C15H15ClN2O2. The van der Waals surface area contributed by atoms with Crippen LogP contribution in [0.15, 0.2) is 24.4 Å². The van der Waals surface area contributed by atoms with Crippen LogP contribution in [0.2, 0.25) is 5.02 Å². The normalized spacial score (nSPS) is 15.7. The molecule has 1 amide bonds. The molecule has 0 aliphatic heterocycles. The number of halogens is 1. The van der Waals surface area contributed by atoms with Gasteiger partial charge >= 0.3 is 0 Å². The van der Waals surface area contributed by atoms with Gasteiger partial charge in [-0.25, -0.2) is 0 Å². The number of aromatic nitrogens is 1. The van der Waals surface area contributed by atoms with Crippen molar-refractivity contribution in [2.75, 3.05) is 0 Å². The summed E-state index contributed by atoms with van der Waals surface area (Å²) in [5, 5.41) is 1.26. The lowest BCUT2D eigenvalue weighted by molar-refractivity contribution is 0.0993. The molecule has 20 heavy (non-hydrogen) atoms. The number of benzene rings is 1. The Bertz CT molecular complexity index is 666. The van der Waals surface area contributed by atoms with Gasteiger partial charge in [-0.2, -0.15) is 0 Å². The Balaban J connectivity index is 2.08. The second kappa shape index (κ2) is 5.29. The third-order valence-corrected chi connectivity index (χ3v) is 3.98. The SMILES string of the molecule is NC(=O)c1cc2c(Cl)ccnc2cc1OC1CCCC1. The maximum atomic E-state index is 11.6. The van der Waals surface area contributed by atoms with Crippen molar-refractivity contribution in [1.29, 1.82) is 0 Å². The summed E-state index contributed by atoms with van der Waals surface area (Å²) in [6.07, 6.45) is 6.14. The minimum atomic E-state index is -0.514. The first-order chi connectivity index (χ1) is 9.65. The van der Waals surface area contributed by atoms with Crippen molar-refractivity contribution in [3.8, 4) is 5.75 Å². The fourth-order valence-electron chi connectivity index (χ4n) is 2.62. The molecule has 0 atom stereocenters. The molecule has 1 fully saturated rings. The maximum Gasteiger partial charge on any atom is 0.252 e. The lowest BCUT2D eigenvalue weighted by Gasteiger charge is -2.16. The number of pyridine rings is 1. The molecular weight excluding hydrogens is 276 g/mol. The van der Waals surface area contributed by atoms with Gasteiger partial charge in [0, 0.05) is 17.6 Å². The molecule has 2 N–H and O–H groups in total. The zero-order valence-electron chi connectivity index (χ0n) is 10.9. The van der Waals surface area contributed by atoms with E-state index in [1.165, 1.54) is 0 Å². The second-order valence-electron chi connectivity index (χ2n) is 5.05. The third kappa shape index (κ3) is 2.43. The van der Waals surface area contributed by atoms with E-state index in [0.717, 1.165) is 25.7 Å². The van der Waals surface area contributed by atoms with Crippen molar-refractivity contribution in [2.24, 2.45) is 5.73 Å². The average Bonchev–Trinajstić information content (AvgIpc) is 2.91. The highest BCUT2D eigenvalue weighted by atomic mass is 35.5. The molecule has 3 rings (SSSR count). The number of hydrogen-bond acceptors (Lipinski definition) is 3. The first-order valence-corrected chi connectivity index (χ1v) is 7.07. The van der Waals surface area contributed by atoms with Gasteiger partial charge in [0.1, 0.15) is 5.75 Å². The number of fused-ring (bicyclic) bond motifs is 1. The van der Waals surface area contributed by atoms with Crippen molar-refractivity contribution >= 4 is 28.4 Å². The number of carbonyl (C=O) groups is 1. The Hall–Kier alpha value is -1.81. The Labute approximate surface area is 121 Å². The van der Waals surface area contributed by atoms with E-state index >= 15 is 0 Å². The lowest BCUT2D eigenvalue weighted by Crippen LogP contribution is -2.17. The molecule has 5 heteroatoms. The van der Waals surface area contributed by atoms with Crippen LogP contribution in [-0.4, -0.2) is 17.0 Å². The Morgan fingerprint density at radius 3 is 2.80 bits per heavy atom. The number of rotatable bonds is 3. The summed E-state index contributed by atoms with van der Waals surface area (Å²) < 4.78 is 5.93. The minimum Gasteiger partial charge on any atom is -0.490 e. The van der Waals surface area contributed by atoms with Crippen LogP contribution in [0, 0.1) is 0 Å². The van der Waals surface area contributed by atoms with Crippen molar-refractivity contribution in [2.45, 2.75) is 31.8 Å². The van der Waals surface area contributed by atoms with Gasteiger partial charge in [-0.15, -0.1) is 0 Å². The van der Waals surface area contributed by atoms with Crippen molar-refractivity contribution in [1.82, 2.24) is 4.98 Å². The molecule has 1 aliphatic rings. The predicted molar refractivity (Wildman–Crippen MR) is 78.2 cm³/mol. The molecule has 1 aromatic carbocycles. The number of hydrogen-bond donors (Lipinski definition) is 1. The third-order valence-electron chi connectivity index (χ3n) is 3.65. The summed E-state index contributed by atoms with van der Waals surface area (Å²) in [4.78, 5) is 15.9.